The molecule has 2 heteroatoms. The average Bonchev–Trinajstić information content (AvgIpc) is 2.30. The summed E-state index contributed by atoms with van der Waals surface area (Å²) in [4.78, 5) is 2.21. The summed E-state index contributed by atoms with van der Waals surface area (Å²) in [6, 6.07) is 0.344. The van der Waals surface area contributed by atoms with Crippen molar-refractivity contribution in [3.8, 4) is 0 Å². The zero-order valence-electron chi connectivity index (χ0n) is 10.0. The van der Waals surface area contributed by atoms with Crippen molar-refractivity contribution in [2.24, 2.45) is 16.7 Å². The number of nitrogens with zero attached hydrogens (tertiary/aromatic N) is 1. The summed E-state index contributed by atoms with van der Waals surface area (Å²) in [6.07, 6.45) is 2.35. The molecule has 0 aromatic heterocycles. The van der Waals surface area contributed by atoms with Gasteiger partial charge in [-0.15, -0.1) is 0 Å². The third-order valence-corrected chi connectivity index (χ3v) is 5.32. The van der Waals surface area contributed by atoms with E-state index < -0.39 is 0 Å². The van der Waals surface area contributed by atoms with Crippen LogP contribution in [-0.4, -0.2) is 36.2 Å². The van der Waals surface area contributed by atoms with Crippen LogP contribution in [0.1, 0.15) is 33.6 Å². The largest absolute Gasteiger partial charge is 0.391 e. The number of likely N-dealkylation sites (N-methyl/N-ethyl adjacent to an activating group) is 1. The van der Waals surface area contributed by atoms with Crippen LogP contribution in [0.2, 0.25) is 0 Å². The van der Waals surface area contributed by atoms with Crippen LogP contribution in [0.3, 0.4) is 0 Å². The standard InChI is InChI=1S/C12H23NO/c1-11(2)8-6-7-12(11,3)10(9(8)14)13(4)5/h8-10,14H,6-7H2,1-5H3/t8-,9-,10-,12+/m1/s1. The lowest BCUT2D eigenvalue weighted by atomic mass is 9.69. The predicted molar refractivity (Wildman–Crippen MR) is 58.1 cm³/mol. The van der Waals surface area contributed by atoms with Gasteiger partial charge in [-0.1, -0.05) is 20.8 Å². The topological polar surface area (TPSA) is 23.5 Å². The van der Waals surface area contributed by atoms with Crippen molar-refractivity contribution in [2.75, 3.05) is 14.1 Å². The SMILES string of the molecule is CN(C)[C@@H]1[C@H](O)[C@H]2CC[C@]1(C)C2(C)C. The Hall–Kier alpha value is -0.0800. The van der Waals surface area contributed by atoms with E-state index in [9.17, 15) is 5.11 Å². The Kier molecular flexibility index (Phi) is 2.04. The molecule has 2 fully saturated rings. The summed E-state index contributed by atoms with van der Waals surface area (Å²) in [7, 11) is 4.19. The molecule has 1 N–H and O–H groups in total. The van der Waals surface area contributed by atoms with E-state index in [1.807, 2.05) is 0 Å². The van der Waals surface area contributed by atoms with Crippen LogP contribution in [0.4, 0.5) is 0 Å². The van der Waals surface area contributed by atoms with Gasteiger partial charge < -0.3 is 10.0 Å². The molecule has 0 aromatic carbocycles. The van der Waals surface area contributed by atoms with Gasteiger partial charge >= 0.3 is 0 Å². The second kappa shape index (κ2) is 2.73. The first kappa shape index (κ1) is 10.4. The maximum absolute atomic E-state index is 10.3. The molecular formula is C12H23NO. The Labute approximate surface area is 87.3 Å². The van der Waals surface area contributed by atoms with E-state index in [2.05, 4.69) is 39.8 Å². The quantitative estimate of drug-likeness (QED) is 0.692. The fourth-order valence-electron chi connectivity index (χ4n) is 4.16. The smallest absolute Gasteiger partial charge is 0.0734 e. The molecule has 0 saturated heterocycles. The van der Waals surface area contributed by atoms with Gasteiger partial charge in [-0.25, -0.2) is 0 Å². The molecule has 2 rings (SSSR count). The fourth-order valence-corrected chi connectivity index (χ4v) is 4.16. The zero-order valence-corrected chi connectivity index (χ0v) is 10.0. The van der Waals surface area contributed by atoms with Crippen molar-refractivity contribution in [1.29, 1.82) is 0 Å². The van der Waals surface area contributed by atoms with Gasteiger partial charge in [0.15, 0.2) is 0 Å². The van der Waals surface area contributed by atoms with Gasteiger partial charge in [0, 0.05) is 6.04 Å². The Morgan fingerprint density at radius 1 is 1.21 bits per heavy atom. The number of fused-ring (bicyclic) bond motifs is 2. The van der Waals surface area contributed by atoms with Gasteiger partial charge in [-0.3, -0.25) is 0 Å². The summed E-state index contributed by atoms with van der Waals surface area (Å²) in [5.41, 5.74) is 0.585. The van der Waals surface area contributed by atoms with E-state index in [4.69, 9.17) is 0 Å². The maximum atomic E-state index is 10.3. The number of hydrogen-bond donors (Lipinski definition) is 1. The number of aliphatic hydroxyl groups is 1. The molecule has 0 spiro atoms. The van der Waals surface area contributed by atoms with Gasteiger partial charge in [0.05, 0.1) is 6.10 Å². The number of hydrogen-bond acceptors (Lipinski definition) is 2. The lowest BCUT2D eigenvalue weighted by Gasteiger charge is -2.42. The first-order valence-corrected chi connectivity index (χ1v) is 5.67. The lowest BCUT2D eigenvalue weighted by Crippen LogP contribution is -2.49. The van der Waals surface area contributed by atoms with Gasteiger partial charge in [0.2, 0.25) is 0 Å². The monoisotopic (exact) mass is 197 g/mol. The molecule has 0 unspecified atom stereocenters. The zero-order chi connectivity index (χ0) is 10.7. The van der Waals surface area contributed by atoms with Crippen molar-refractivity contribution in [3.63, 3.8) is 0 Å². The first-order valence-electron chi connectivity index (χ1n) is 5.67. The Balaban J connectivity index is 2.41. The van der Waals surface area contributed by atoms with Gasteiger partial charge in [0.1, 0.15) is 0 Å². The minimum atomic E-state index is -0.126. The van der Waals surface area contributed by atoms with Gasteiger partial charge in [-0.05, 0) is 43.7 Å². The third kappa shape index (κ3) is 0.938. The van der Waals surface area contributed by atoms with Crippen LogP contribution >= 0.6 is 0 Å². The summed E-state index contributed by atoms with van der Waals surface area (Å²) >= 11 is 0. The molecule has 82 valence electrons. The van der Waals surface area contributed by atoms with Crippen LogP contribution in [0.15, 0.2) is 0 Å². The highest BCUT2D eigenvalue weighted by Gasteiger charge is 2.66. The highest BCUT2D eigenvalue weighted by molar-refractivity contribution is 5.17. The molecule has 2 saturated carbocycles. The summed E-state index contributed by atoms with van der Waals surface area (Å²) < 4.78 is 0. The molecule has 4 atom stereocenters. The molecule has 14 heavy (non-hydrogen) atoms. The normalized spacial score (nSPS) is 50.4. The molecule has 2 nitrogen and oxygen atoms in total. The van der Waals surface area contributed by atoms with Crippen LogP contribution < -0.4 is 0 Å². The van der Waals surface area contributed by atoms with E-state index in [0.29, 0.717) is 22.8 Å². The molecule has 0 heterocycles. The highest BCUT2D eigenvalue weighted by atomic mass is 16.3. The third-order valence-electron chi connectivity index (χ3n) is 5.32. The van der Waals surface area contributed by atoms with Crippen molar-refractivity contribution in [2.45, 2.75) is 45.8 Å². The van der Waals surface area contributed by atoms with Gasteiger partial charge in [0.25, 0.3) is 0 Å². The molecule has 2 aliphatic rings. The Morgan fingerprint density at radius 2 is 1.79 bits per heavy atom. The Bertz CT molecular complexity index is 249. The number of rotatable bonds is 1. The molecule has 0 aliphatic heterocycles. The van der Waals surface area contributed by atoms with E-state index in [1.54, 1.807) is 0 Å². The summed E-state index contributed by atoms with van der Waals surface area (Å²) in [5, 5.41) is 10.3. The van der Waals surface area contributed by atoms with E-state index in [-0.39, 0.29) is 6.10 Å². The lowest BCUT2D eigenvalue weighted by molar-refractivity contribution is 0.00558. The van der Waals surface area contributed by atoms with Crippen LogP contribution in [0, 0.1) is 16.7 Å². The minimum Gasteiger partial charge on any atom is -0.391 e. The van der Waals surface area contributed by atoms with Gasteiger partial charge in [-0.2, -0.15) is 0 Å². The molecule has 0 amide bonds. The summed E-state index contributed by atoms with van der Waals surface area (Å²) in [5.74, 6) is 0.500. The molecule has 0 aromatic rings. The summed E-state index contributed by atoms with van der Waals surface area (Å²) in [6.45, 7) is 7.02. The molecule has 2 aliphatic carbocycles. The van der Waals surface area contributed by atoms with Crippen LogP contribution in [0.5, 0.6) is 0 Å². The molecule has 2 bridgehead atoms. The predicted octanol–water partition coefficient (Wildman–Crippen LogP) is 1.73. The minimum absolute atomic E-state index is 0.126. The maximum Gasteiger partial charge on any atom is 0.0734 e. The van der Waals surface area contributed by atoms with Crippen molar-refractivity contribution in [1.82, 2.24) is 4.90 Å². The van der Waals surface area contributed by atoms with Crippen molar-refractivity contribution < 1.29 is 5.11 Å². The first-order chi connectivity index (χ1) is 6.32. The average molecular weight is 197 g/mol. The van der Waals surface area contributed by atoms with Crippen LogP contribution in [-0.2, 0) is 0 Å². The second-order valence-corrected chi connectivity index (χ2v) is 6.18. The second-order valence-electron chi connectivity index (χ2n) is 6.18. The highest BCUT2D eigenvalue weighted by Crippen LogP contribution is 2.66. The Morgan fingerprint density at radius 3 is 2.07 bits per heavy atom. The van der Waals surface area contributed by atoms with E-state index in [1.165, 1.54) is 12.8 Å². The fraction of sp³-hybridized carbons (Fsp3) is 1.00. The molecular weight excluding hydrogens is 174 g/mol. The molecule has 0 radical (unpaired) electrons. The van der Waals surface area contributed by atoms with Crippen molar-refractivity contribution >= 4 is 0 Å². The van der Waals surface area contributed by atoms with Crippen LogP contribution in [0.25, 0.3) is 0 Å². The van der Waals surface area contributed by atoms with E-state index in [0.717, 1.165) is 0 Å². The van der Waals surface area contributed by atoms with Crippen molar-refractivity contribution in [3.05, 3.63) is 0 Å². The van der Waals surface area contributed by atoms with E-state index >= 15 is 0 Å². The number of aliphatic hydroxyl groups excluding tert-OH is 1.